The Bertz CT molecular complexity index is 946. The van der Waals surface area contributed by atoms with Gasteiger partial charge in [0.05, 0.1) is 17.3 Å². The van der Waals surface area contributed by atoms with Crippen LogP contribution in [0.1, 0.15) is 42.1 Å². The summed E-state index contributed by atoms with van der Waals surface area (Å²) in [5, 5.41) is 0.704. The number of hydrogen-bond donors (Lipinski definition) is 0. The molecule has 4 rings (SSSR count). The van der Waals surface area contributed by atoms with Gasteiger partial charge >= 0.3 is 0 Å². The van der Waals surface area contributed by atoms with Crippen LogP contribution in [0, 0.1) is 0 Å². The Hall–Kier alpha value is -2.24. The van der Waals surface area contributed by atoms with Gasteiger partial charge in [-0.05, 0) is 75.3 Å². The van der Waals surface area contributed by atoms with Crippen LogP contribution in [0.5, 0.6) is 5.75 Å². The molecular weight excluding hydrogens is 410 g/mol. The standard InChI is InChI=1S/C25H32ClN3O2/c1-4-5-14-31-21-7-8-22-18(15-21)10-13-29(25(22)30)19-6-9-24(23(26)16-19)28-12-11-20(17-28)27(2)3/h6-9,15-16,20H,4-5,10-14,17H2,1-3H3. The van der Waals surface area contributed by atoms with Crippen LogP contribution in [-0.2, 0) is 6.42 Å². The Balaban J connectivity index is 1.48. The van der Waals surface area contributed by atoms with E-state index in [1.165, 1.54) is 0 Å². The molecule has 0 aromatic heterocycles. The number of fused-ring (bicyclic) bond motifs is 1. The average molecular weight is 442 g/mol. The van der Waals surface area contributed by atoms with E-state index in [9.17, 15) is 4.79 Å². The molecule has 1 atom stereocenters. The molecule has 0 radical (unpaired) electrons. The molecule has 6 heteroatoms. The van der Waals surface area contributed by atoms with E-state index in [1.54, 1.807) is 0 Å². The molecule has 0 N–H and O–H groups in total. The SMILES string of the molecule is CCCCOc1ccc2c(c1)CCN(c1ccc(N3CCC(N(C)C)C3)c(Cl)c1)C2=O. The summed E-state index contributed by atoms with van der Waals surface area (Å²) < 4.78 is 5.81. The summed E-state index contributed by atoms with van der Waals surface area (Å²) in [6.07, 6.45) is 4.08. The van der Waals surface area contributed by atoms with Crippen LogP contribution >= 0.6 is 11.6 Å². The Labute approximate surface area is 190 Å². The van der Waals surface area contributed by atoms with Gasteiger partial charge in [0.2, 0.25) is 0 Å². The first-order valence-electron chi connectivity index (χ1n) is 11.3. The van der Waals surface area contributed by atoms with E-state index < -0.39 is 0 Å². The zero-order valence-electron chi connectivity index (χ0n) is 18.7. The first kappa shape index (κ1) is 22.0. The molecule has 1 unspecified atom stereocenters. The molecule has 0 saturated carbocycles. The van der Waals surface area contributed by atoms with Crippen molar-refractivity contribution in [1.29, 1.82) is 0 Å². The topological polar surface area (TPSA) is 36.0 Å². The number of benzene rings is 2. The van der Waals surface area contributed by atoms with Crippen LogP contribution in [0.25, 0.3) is 0 Å². The molecule has 1 amide bonds. The van der Waals surface area contributed by atoms with Crippen LogP contribution in [-0.4, -0.2) is 57.2 Å². The highest BCUT2D eigenvalue weighted by atomic mass is 35.5. The van der Waals surface area contributed by atoms with Crippen molar-refractivity contribution in [3.8, 4) is 5.75 Å². The number of anilines is 2. The lowest BCUT2D eigenvalue weighted by atomic mass is 9.98. The van der Waals surface area contributed by atoms with E-state index in [0.29, 0.717) is 24.2 Å². The third-order valence-corrected chi connectivity index (χ3v) is 6.70. The molecule has 2 aromatic carbocycles. The molecule has 2 heterocycles. The quantitative estimate of drug-likeness (QED) is 0.575. The summed E-state index contributed by atoms with van der Waals surface area (Å²) in [5.74, 6) is 0.876. The first-order chi connectivity index (χ1) is 15.0. The molecular formula is C25H32ClN3O2. The number of rotatable bonds is 7. The number of amides is 1. The van der Waals surface area contributed by atoms with E-state index in [-0.39, 0.29) is 5.91 Å². The number of hydrogen-bond acceptors (Lipinski definition) is 4. The van der Waals surface area contributed by atoms with Crippen molar-refractivity contribution >= 4 is 28.9 Å². The summed E-state index contributed by atoms with van der Waals surface area (Å²) in [5.41, 5.74) is 3.72. The molecule has 0 spiro atoms. The molecule has 0 aliphatic carbocycles. The predicted octanol–water partition coefficient (Wildman–Crippen LogP) is 4.86. The Morgan fingerprint density at radius 3 is 2.71 bits per heavy atom. The molecule has 166 valence electrons. The maximum absolute atomic E-state index is 13.2. The lowest BCUT2D eigenvalue weighted by Crippen LogP contribution is -2.37. The maximum atomic E-state index is 13.2. The van der Waals surface area contributed by atoms with E-state index in [1.807, 2.05) is 35.2 Å². The Morgan fingerprint density at radius 2 is 2.00 bits per heavy atom. The van der Waals surface area contributed by atoms with Crippen molar-refractivity contribution in [3.63, 3.8) is 0 Å². The number of halogens is 1. The monoisotopic (exact) mass is 441 g/mol. The van der Waals surface area contributed by atoms with Crippen molar-refractivity contribution in [2.45, 2.75) is 38.6 Å². The summed E-state index contributed by atoms with van der Waals surface area (Å²) >= 11 is 6.68. The predicted molar refractivity (Wildman–Crippen MR) is 128 cm³/mol. The Kier molecular flexibility index (Phi) is 6.73. The summed E-state index contributed by atoms with van der Waals surface area (Å²) in [6, 6.07) is 12.4. The normalized spacial score (nSPS) is 18.6. The van der Waals surface area contributed by atoms with Gasteiger partial charge in [-0.1, -0.05) is 24.9 Å². The molecule has 2 aliphatic heterocycles. The number of nitrogens with zero attached hydrogens (tertiary/aromatic N) is 3. The van der Waals surface area contributed by atoms with Gasteiger partial charge in [-0.3, -0.25) is 4.79 Å². The second-order valence-corrected chi connectivity index (χ2v) is 9.12. The van der Waals surface area contributed by atoms with Crippen molar-refractivity contribution in [2.24, 2.45) is 0 Å². The van der Waals surface area contributed by atoms with Crippen LogP contribution in [0.3, 0.4) is 0 Å². The lowest BCUT2D eigenvalue weighted by molar-refractivity contribution is 0.0980. The number of carbonyl (C=O) groups excluding carboxylic acids is 1. The number of ether oxygens (including phenoxy) is 1. The zero-order valence-corrected chi connectivity index (χ0v) is 19.5. The second kappa shape index (κ2) is 9.49. The molecule has 0 bridgehead atoms. The van der Waals surface area contributed by atoms with Crippen LogP contribution in [0.2, 0.25) is 5.02 Å². The smallest absolute Gasteiger partial charge is 0.258 e. The Morgan fingerprint density at radius 1 is 1.16 bits per heavy atom. The van der Waals surface area contributed by atoms with Crippen molar-refractivity contribution < 1.29 is 9.53 Å². The minimum absolute atomic E-state index is 0.0269. The van der Waals surface area contributed by atoms with Crippen LogP contribution in [0.15, 0.2) is 36.4 Å². The highest BCUT2D eigenvalue weighted by molar-refractivity contribution is 6.33. The third kappa shape index (κ3) is 4.68. The van der Waals surface area contributed by atoms with Gasteiger partial charge in [-0.25, -0.2) is 0 Å². The van der Waals surface area contributed by atoms with Crippen molar-refractivity contribution in [1.82, 2.24) is 4.90 Å². The van der Waals surface area contributed by atoms with Gasteiger partial charge in [0, 0.05) is 36.9 Å². The van der Waals surface area contributed by atoms with Crippen LogP contribution in [0.4, 0.5) is 11.4 Å². The lowest BCUT2D eigenvalue weighted by Gasteiger charge is -2.30. The van der Waals surface area contributed by atoms with E-state index in [2.05, 4.69) is 36.9 Å². The van der Waals surface area contributed by atoms with Crippen molar-refractivity contribution in [2.75, 3.05) is 50.1 Å². The van der Waals surface area contributed by atoms with E-state index in [4.69, 9.17) is 16.3 Å². The van der Waals surface area contributed by atoms with Gasteiger partial charge in [0.15, 0.2) is 0 Å². The van der Waals surface area contributed by atoms with E-state index >= 15 is 0 Å². The third-order valence-electron chi connectivity index (χ3n) is 6.40. The fourth-order valence-corrected chi connectivity index (χ4v) is 4.73. The molecule has 2 aliphatic rings. The molecule has 1 saturated heterocycles. The second-order valence-electron chi connectivity index (χ2n) is 8.72. The van der Waals surface area contributed by atoms with E-state index in [0.717, 1.165) is 67.0 Å². The molecule has 5 nitrogen and oxygen atoms in total. The number of carbonyl (C=O) groups is 1. The average Bonchev–Trinajstić information content (AvgIpc) is 3.24. The highest BCUT2D eigenvalue weighted by Gasteiger charge is 2.28. The fraction of sp³-hybridized carbons (Fsp3) is 0.480. The minimum Gasteiger partial charge on any atom is -0.494 e. The molecule has 1 fully saturated rings. The van der Waals surface area contributed by atoms with Gasteiger partial charge in [0.1, 0.15) is 5.75 Å². The van der Waals surface area contributed by atoms with Gasteiger partial charge < -0.3 is 19.4 Å². The fourth-order valence-electron chi connectivity index (χ4n) is 4.44. The highest BCUT2D eigenvalue weighted by Crippen LogP contribution is 2.35. The largest absolute Gasteiger partial charge is 0.494 e. The van der Waals surface area contributed by atoms with Gasteiger partial charge in [0.25, 0.3) is 5.91 Å². The number of likely N-dealkylation sites (N-methyl/N-ethyl adjacent to an activating group) is 1. The minimum atomic E-state index is 0.0269. The van der Waals surface area contributed by atoms with Crippen molar-refractivity contribution in [3.05, 3.63) is 52.5 Å². The maximum Gasteiger partial charge on any atom is 0.258 e. The van der Waals surface area contributed by atoms with Crippen LogP contribution < -0.4 is 14.5 Å². The first-order valence-corrected chi connectivity index (χ1v) is 11.6. The molecule has 31 heavy (non-hydrogen) atoms. The zero-order chi connectivity index (χ0) is 22.0. The van der Waals surface area contributed by atoms with Gasteiger partial charge in [-0.2, -0.15) is 0 Å². The number of unbranched alkanes of at least 4 members (excludes halogenated alkanes) is 1. The molecule has 2 aromatic rings. The summed E-state index contributed by atoms with van der Waals surface area (Å²) in [4.78, 5) is 19.6. The summed E-state index contributed by atoms with van der Waals surface area (Å²) in [7, 11) is 4.25. The van der Waals surface area contributed by atoms with Gasteiger partial charge in [-0.15, -0.1) is 0 Å². The summed E-state index contributed by atoms with van der Waals surface area (Å²) in [6.45, 7) is 5.48.